The first-order chi connectivity index (χ1) is 9.62. The molecule has 1 aliphatic carbocycles. The summed E-state index contributed by atoms with van der Waals surface area (Å²) in [6.45, 7) is 1.27. The molecule has 0 aromatic heterocycles. The molecule has 0 spiro atoms. The van der Waals surface area contributed by atoms with E-state index in [9.17, 15) is 8.42 Å². The number of nitriles is 1. The molecule has 2 rings (SSSR count). The molecule has 0 heterocycles. The minimum absolute atomic E-state index is 0.245. The van der Waals surface area contributed by atoms with Crippen LogP contribution >= 0.6 is 0 Å². The smallest absolute Gasteiger partial charge is 0.240 e. The molecular weight excluding hydrogens is 274 g/mol. The van der Waals surface area contributed by atoms with Gasteiger partial charge in [-0.05, 0) is 43.5 Å². The minimum atomic E-state index is -3.44. The Labute approximate surface area is 120 Å². The van der Waals surface area contributed by atoms with E-state index < -0.39 is 10.0 Å². The summed E-state index contributed by atoms with van der Waals surface area (Å²) < 4.78 is 26.6. The first-order valence-electron chi connectivity index (χ1n) is 6.81. The summed E-state index contributed by atoms with van der Waals surface area (Å²) in [5.41, 5.74) is 0.820. The van der Waals surface area contributed by atoms with E-state index in [0.29, 0.717) is 19.0 Å². The lowest BCUT2D eigenvalue weighted by Crippen LogP contribution is -2.28. The fourth-order valence-electron chi connectivity index (χ4n) is 1.85. The van der Waals surface area contributed by atoms with Crippen LogP contribution in [0.25, 0.3) is 0 Å². The number of nitrogens with one attached hydrogen (secondary N) is 2. The SMILES string of the molecule is N#CCc1ccc(S(=O)(=O)NCCCNC2CC2)cc1. The van der Waals surface area contributed by atoms with Crippen molar-refractivity contribution in [1.82, 2.24) is 10.0 Å². The molecule has 20 heavy (non-hydrogen) atoms. The Morgan fingerprint density at radius 1 is 1.20 bits per heavy atom. The maximum Gasteiger partial charge on any atom is 0.240 e. The molecule has 0 saturated heterocycles. The second kappa shape index (κ2) is 6.84. The van der Waals surface area contributed by atoms with Crippen LogP contribution in [0.4, 0.5) is 0 Å². The molecule has 1 aromatic rings. The molecule has 0 atom stereocenters. The number of hydrogen-bond acceptors (Lipinski definition) is 4. The molecule has 0 unspecified atom stereocenters. The van der Waals surface area contributed by atoms with E-state index in [2.05, 4.69) is 10.0 Å². The maximum atomic E-state index is 12.0. The zero-order chi connectivity index (χ0) is 14.4. The molecule has 1 aromatic carbocycles. The third-order valence-electron chi connectivity index (χ3n) is 3.17. The molecule has 0 radical (unpaired) electrons. The Morgan fingerprint density at radius 2 is 1.90 bits per heavy atom. The summed E-state index contributed by atoms with van der Waals surface area (Å²) in [5, 5.41) is 11.9. The van der Waals surface area contributed by atoms with Gasteiger partial charge in [0.1, 0.15) is 0 Å². The number of hydrogen-bond donors (Lipinski definition) is 2. The topological polar surface area (TPSA) is 82.0 Å². The standard InChI is InChI=1S/C14H19N3O2S/c15-9-8-12-2-6-14(7-3-12)20(18,19)17-11-1-10-16-13-4-5-13/h2-3,6-7,13,16-17H,1,4-5,8,10-11H2. The summed E-state index contributed by atoms with van der Waals surface area (Å²) in [4.78, 5) is 0.245. The normalized spacial score (nSPS) is 14.9. The third-order valence-corrected chi connectivity index (χ3v) is 4.65. The first-order valence-corrected chi connectivity index (χ1v) is 8.29. The second-order valence-electron chi connectivity index (χ2n) is 4.96. The third kappa shape index (κ3) is 4.60. The zero-order valence-corrected chi connectivity index (χ0v) is 12.1. The summed E-state index contributed by atoms with van der Waals surface area (Å²) >= 11 is 0. The van der Waals surface area contributed by atoms with Gasteiger partial charge in [0, 0.05) is 12.6 Å². The first kappa shape index (κ1) is 15.0. The van der Waals surface area contributed by atoms with Gasteiger partial charge >= 0.3 is 0 Å². The minimum Gasteiger partial charge on any atom is -0.314 e. The second-order valence-corrected chi connectivity index (χ2v) is 6.73. The van der Waals surface area contributed by atoms with E-state index in [1.165, 1.54) is 25.0 Å². The number of benzene rings is 1. The summed E-state index contributed by atoms with van der Waals surface area (Å²) in [5.74, 6) is 0. The molecular formula is C14H19N3O2S. The fourth-order valence-corrected chi connectivity index (χ4v) is 2.92. The van der Waals surface area contributed by atoms with E-state index >= 15 is 0 Å². The van der Waals surface area contributed by atoms with Gasteiger partial charge in [-0.1, -0.05) is 12.1 Å². The highest BCUT2D eigenvalue weighted by Gasteiger charge is 2.19. The predicted molar refractivity (Wildman–Crippen MR) is 76.6 cm³/mol. The van der Waals surface area contributed by atoms with E-state index in [1.807, 2.05) is 6.07 Å². The van der Waals surface area contributed by atoms with Crippen LogP contribution < -0.4 is 10.0 Å². The molecule has 1 fully saturated rings. The van der Waals surface area contributed by atoms with Crippen molar-refractivity contribution in [2.24, 2.45) is 0 Å². The molecule has 0 bridgehead atoms. The Morgan fingerprint density at radius 3 is 2.50 bits per heavy atom. The van der Waals surface area contributed by atoms with E-state index in [4.69, 9.17) is 5.26 Å². The van der Waals surface area contributed by atoms with Crippen molar-refractivity contribution in [1.29, 1.82) is 5.26 Å². The van der Waals surface area contributed by atoms with Gasteiger partial charge in [-0.3, -0.25) is 0 Å². The van der Waals surface area contributed by atoms with Gasteiger partial charge in [-0.2, -0.15) is 5.26 Å². The van der Waals surface area contributed by atoms with Crippen LogP contribution in [0.3, 0.4) is 0 Å². The molecule has 5 nitrogen and oxygen atoms in total. The molecule has 0 aliphatic heterocycles. The van der Waals surface area contributed by atoms with Crippen LogP contribution in [0.15, 0.2) is 29.2 Å². The van der Waals surface area contributed by atoms with Gasteiger partial charge in [0.2, 0.25) is 10.0 Å². The van der Waals surface area contributed by atoms with E-state index in [-0.39, 0.29) is 4.90 Å². The van der Waals surface area contributed by atoms with Crippen molar-refractivity contribution in [3.05, 3.63) is 29.8 Å². The monoisotopic (exact) mass is 293 g/mol. The van der Waals surface area contributed by atoms with Gasteiger partial charge in [0.25, 0.3) is 0 Å². The lowest BCUT2D eigenvalue weighted by molar-refractivity contribution is 0.573. The van der Waals surface area contributed by atoms with Crippen LogP contribution in [0.2, 0.25) is 0 Å². The summed E-state index contributed by atoms with van der Waals surface area (Å²) in [6, 6.07) is 9.11. The van der Waals surface area contributed by atoms with Gasteiger partial charge in [0.15, 0.2) is 0 Å². The van der Waals surface area contributed by atoms with Crippen LogP contribution in [0, 0.1) is 11.3 Å². The van der Waals surface area contributed by atoms with Crippen LogP contribution in [0.1, 0.15) is 24.8 Å². The van der Waals surface area contributed by atoms with Gasteiger partial charge in [0.05, 0.1) is 17.4 Å². The molecule has 0 amide bonds. The van der Waals surface area contributed by atoms with Crippen molar-refractivity contribution in [3.8, 4) is 6.07 Å². The predicted octanol–water partition coefficient (Wildman–Crippen LogP) is 1.17. The Bertz CT molecular complexity index is 571. The van der Waals surface area contributed by atoms with Crippen LogP contribution in [-0.4, -0.2) is 27.5 Å². The molecule has 108 valence electrons. The van der Waals surface area contributed by atoms with Crippen molar-refractivity contribution in [3.63, 3.8) is 0 Å². The molecule has 6 heteroatoms. The average Bonchev–Trinajstić information content (AvgIpc) is 3.23. The lowest BCUT2D eigenvalue weighted by atomic mass is 10.2. The Hall–Kier alpha value is -1.42. The van der Waals surface area contributed by atoms with E-state index in [0.717, 1.165) is 18.5 Å². The largest absolute Gasteiger partial charge is 0.314 e. The average molecular weight is 293 g/mol. The molecule has 2 N–H and O–H groups in total. The zero-order valence-electron chi connectivity index (χ0n) is 11.3. The maximum absolute atomic E-state index is 12.0. The number of sulfonamides is 1. The van der Waals surface area contributed by atoms with Crippen molar-refractivity contribution < 1.29 is 8.42 Å². The number of nitrogens with zero attached hydrogens (tertiary/aromatic N) is 1. The van der Waals surface area contributed by atoms with E-state index in [1.54, 1.807) is 12.1 Å². The summed E-state index contributed by atoms with van der Waals surface area (Å²) in [7, 11) is -3.44. The van der Waals surface area contributed by atoms with Gasteiger partial charge in [-0.15, -0.1) is 0 Å². The van der Waals surface area contributed by atoms with Crippen LogP contribution in [-0.2, 0) is 16.4 Å². The van der Waals surface area contributed by atoms with Crippen molar-refractivity contribution in [2.45, 2.75) is 36.6 Å². The quantitative estimate of drug-likeness (QED) is 0.705. The van der Waals surface area contributed by atoms with Crippen LogP contribution in [0.5, 0.6) is 0 Å². The highest BCUT2D eigenvalue weighted by molar-refractivity contribution is 7.89. The molecule has 1 saturated carbocycles. The lowest BCUT2D eigenvalue weighted by Gasteiger charge is -2.07. The van der Waals surface area contributed by atoms with Gasteiger partial charge < -0.3 is 5.32 Å². The highest BCUT2D eigenvalue weighted by atomic mass is 32.2. The van der Waals surface area contributed by atoms with Crippen molar-refractivity contribution >= 4 is 10.0 Å². The molecule has 1 aliphatic rings. The summed E-state index contributed by atoms with van der Waals surface area (Å²) in [6.07, 6.45) is 3.55. The fraction of sp³-hybridized carbons (Fsp3) is 0.500. The van der Waals surface area contributed by atoms with Gasteiger partial charge in [-0.25, -0.2) is 13.1 Å². The Kier molecular flexibility index (Phi) is 5.12. The van der Waals surface area contributed by atoms with Crippen molar-refractivity contribution in [2.75, 3.05) is 13.1 Å². The highest BCUT2D eigenvalue weighted by Crippen LogP contribution is 2.18. The number of rotatable bonds is 8. The Balaban J connectivity index is 1.80.